The fourth-order valence-corrected chi connectivity index (χ4v) is 4.28. The van der Waals surface area contributed by atoms with E-state index in [2.05, 4.69) is 12.6 Å². The first-order chi connectivity index (χ1) is 10.1. The highest BCUT2D eigenvalue weighted by atomic mass is 32.1. The van der Waals surface area contributed by atoms with Gasteiger partial charge in [0.25, 0.3) is 0 Å². The van der Waals surface area contributed by atoms with E-state index in [1.165, 1.54) is 0 Å². The Morgan fingerprint density at radius 1 is 1.19 bits per heavy atom. The summed E-state index contributed by atoms with van der Waals surface area (Å²) in [6, 6.07) is 7.93. The SMILES string of the molecule is O=C1OC(=O)C2(C3C=Cc4ccccc43)C=CCCC12S. The zero-order chi connectivity index (χ0) is 14.7. The number of carbonyl (C=O) groups excluding carboxylic acids is 2. The summed E-state index contributed by atoms with van der Waals surface area (Å²) in [7, 11) is 0. The third-order valence-electron chi connectivity index (χ3n) is 4.89. The number of hydrogen-bond acceptors (Lipinski definition) is 4. The van der Waals surface area contributed by atoms with Gasteiger partial charge in [-0.1, -0.05) is 48.6 Å². The van der Waals surface area contributed by atoms with Crippen LogP contribution in [0.15, 0.2) is 42.5 Å². The van der Waals surface area contributed by atoms with Gasteiger partial charge < -0.3 is 4.74 Å². The van der Waals surface area contributed by atoms with Crippen molar-refractivity contribution in [3.05, 3.63) is 53.6 Å². The standard InChI is InChI=1S/C17H14O3S/c18-14-16(9-3-4-10-17(16,21)15(19)20-14)13-8-7-11-5-1-2-6-12(11)13/h1-3,5-9,13,21H,4,10H2. The molecule has 0 amide bonds. The summed E-state index contributed by atoms with van der Waals surface area (Å²) < 4.78 is 3.92. The van der Waals surface area contributed by atoms with Crippen molar-refractivity contribution in [2.75, 3.05) is 0 Å². The van der Waals surface area contributed by atoms with Crippen molar-refractivity contribution in [1.29, 1.82) is 0 Å². The number of hydrogen-bond donors (Lipinski definition) is 1. The zero-order valence-corrected chi connectivity index (χ0v) is 12.2. The van der Waals surface area contributed by atoms with Gasteiger partial charge in [0.15, 0.2) is 0 Å². The molecule has 3 atom stereocenters. The van der Waals surface area contributed by atoms with Crippen molar-refractivity contribution in [2.24, 2.45) is 5.41 Å². The number of benzene rings is 1. The molecule has 1 aliphatic heterocycles. The lowest BCUT2D eigenvalue weighted by atomic mass is 9.62. The maximum absolute atomic E-state index is 12.6. The van der Waals surface area contributed by atoms with Crippen molar-refractivity contribution < 1.29 is 14.3 Å². The first kappa shape index (κ1) is 12.9. The minimum Gasteiger partial charge on any atom is -0.391 e. The molecular formula is C17H14O3S. The van der Waals surface area contributed by atoms with Crippen molar-refractivity contribution in [1.82, 2.24) is 0 Å². The highest BCUT2D eigenvalue weighted by Gasteiger charge is 2.69. The van der Waals surface area contributed by atoms with Gasteiger partial charge in [-0.25, -0.2) is 0 Å². The van der Waals surface area contributed by atoms with Crippen LogP contribution >= 0.6 is 12.6 Å². The fraction of sp³-hybridized carbons (Fsp3) is 0.294. The molecule has 0 radical (unpaired) electrons. The van der Waals surface area contributed by atoms with Crippen LogP contribution in [0.1, 0.15) is 29.9 Å². The highest BCUT2D eigenvalue weighted by Crippen LogP contribution is 2.60. The van der Waals surface area contributed by atoms with Crippen LogP contribution in [-0.2, 0) is 14.3 Å². The van der Waals surface area contributed by atoms with Crippen LogP contribution in [0.2, 0.25) is 0 Å². The summed E-state index contributed by atoms with van der Waals surface area (Å²) in [4.78, 5) is 24.8. The Labute approximate surface area is 128 Å². The van der Waals surface area contributed by atoms with E-state index in [0.29, 0.717) is 6.42 Å². The van der Waals surface area contributed by atoms with Crippen LogP contribution in [0.3, 0.4) is 0 Å². The lowest BCUT2D eigenvalue weighted by Gasteiger charge is -2.41. The summed E-state index contributed by atoms with van der Waals surface area (Å²) in [5.74, 6) is -1.20. The van der Waals surface area contributed by atoms with Gasteiger partial charge in [0.2, 0.25) is 0 Å². The summed E-state index contributed by atoms with van der Waals surface area (Å²) in [5.41, 5.74) is 1.10. The Balaban J connectivity index is 1.95. The predicted octanol–water partition coefficient (Wildman–Crippen LogP) is 2.89. The van der Waals surface area contributed by atoms with E-state index in [1.54, 1.807) is 0 Å². The second-order valence-electron chi connectivity index (χ2n) is 5.81. The van der Waals surface area contributed by atoms with Crippen LogP contribution in [0.5, 0.6) is 0 Å². The van der Waals surface area contributed by atoms with Gasteiger partial charge in [-0.15, -0.1) is 0 Å². The Hall–Kier alpha value is -1.81. The molecule has 1 saturated heterocycles. The Kier molecular flexibility index (Phi) is 2.52. The molecule has 2 aliphatic carbocycles. The topological polar surface area (TPSA) is 43.4 Å². The predicted molar refractivity (Wildman–Crippen MR) is 81.8 cm³/mol. The number of fused-ring (bicyclic) bond motifs is 2. The number of carbonyl (C=O) groups is 2. The van der Waals surface area contributed by atoms with Gasteiger partial charge in [0.05, 0.1) is 0 Å². The average Bonchev–Trinajstić information content (AvgIpc) is 2.99. The fourth-order valence-electron chi connectivity index (χ4n) is 3.80. The maximum Gasteiger partial charge on any atom is 0.331 e. The number of ether oxygens (including phenoxy) is 1. The quantitative estimate of drug-likeness (QED) is 0.375. The van der Waals surface area contributed by atoms with Gasteiger partial charge in [0, 0.05) is 5.92 Å². The second kappa shape index (κ2) is 4.10. The molecule has 3 aliphatic rings. The van der Waals surface area contributed by atoms with Crippen molar-refractivity contribution in [3.8, 4) is 0 Å². The van der Waals surface area contributed by atoms with Crippen LogP contribution in [0, 0.1) is 5.41 Å². The van der Waals surface area contributed by atoms with Gasteiger partial charge in [-0.3, -0.25) is 9.59 Å². The molecule has 4 heteroatoms. The molecule has 4 rings (SSSR count). The maximum atomic E-state index is 12.6. The van der Waals surface area contributed by atoms with E-state index < -0.39 is 22.1 Å². The van der Waals surface area contributed by atoms with Crippen LogP contribution in [0.25, 0.3) is 6.08 Å². The zero-order valence-electron chi connectivity index (χ0n) is 11.3. The molecular weight excluding hydrogens is 284 g/mol. The van der Waals surface area contributed by atoms with Crippen LogP contribution < -0.4 is 0 Å². The third-order valence-corrected chi connectivity index (χ3v) is 5.66. The molecule has 3 unspecified atom stereocenters. The molecule has 0 spiro atoms. The normalized spacial score (nSPS) is 36.5. The number of allylic oxidation sites excluding steroid dienone is 2. The van der Waals surface area contributed by atoms with Crippen molar-refractivity contribution in [2.45, 2.75) is 23.5 Å². The van der Waals surface area contributed by atoms with Crippen LogP contribution in [-0.4, -0.2) is 16.7 Å². The Bertz CT molecular complexity index is 721. The van der Waals surface area contributed by atoms with E-state index in [1.807, 2.05) is 48.6 Å². The van der Waals surface area contributed by atoms with Crippen LogP contribution in [0.4, 0.5) is 0 Å². The number of esters is 2. The first-order valence-electron chi connectivity index (χ1n) is 7.03. The molecule has 1 aromatic carbocycles. The van der Waals surface area contributed by atoms with E-state index in [-0.39, 0.29) is 5.92 Å². The highest BCUT2D eigenvalue weighted by molar-refractivity contribution is 7.83. The lowest BCUT2D eigenvalue weighted by Crippen LogP contribution is -2.50. The summed E-state index contributed by atoms with van der Waals surface area (Å²) >= 11 is 4.63. The Morgan fingerprint density at radius 3 is 2.86 bits per heavy atom. The molecule has 0 bridgehead atoms. The van der Waals surface area contributed by atoms with E-state index in [9.17, 15) is 9.59 Å². The monoisotopic (exact) mass is 298 g/mol. The molecule has 106 valence electrons. The van der Waals surface area contributed by atoms with Crippen molar-refractivity contribution >= 4 is 30.6 Å². The smallest absolute Gasteiger partial charge is 0.331 e. The lowest BCUT2D eigenvalue weighted by molar-refractivity contribution is -0.154. The average molecular weight is 298 g/mol. The first-order valence-corrected chi connectivity index (χ1v) is 7.48. The van der Waals surface area contributed by atoms with E-state index in [0.717, 1.165) is 17.5 Å². The van der Waals surface area contributed by atoms with Crippen molar-refractivity contribution in [3.63, 3.8) is 0 Å². The molecule has 0 N–H and O–H groups in total. The number of thiol groups is 1. The van der Waals surface area contributed by atoms with Gasteiger partial charge in [-0.05, 0) is 24.0 Å². The second-order valence-corrected chi connectivity index (χ2v) is 6.58. The minimum atomic E-state index is -1.08. The molecule has 1 fully saturated rings. The third kappa shape index (κ3) is 1.41. The number of cyclic esters (lactones) is 2. The largest absolute Gasteiger partial charge is 0.391 e. The Morgan fingerprint density at radius 2 is 2.00 bits per heavy atom. The van der Waals surface area contributed by atoms with Gasteiger partial charge in [0.1, 0.15) is 10.2 Å². The van der Waals surface area contributed by atoms with Gasteiger partial charge in [-0.2, -0.15) is 12.6 Å². The molecule has 1 heterocycles. The number of rotatable bonds is 1. The molecule has 0 saturated carbocycles. The van der Waals surface area contributed by atoms with E-state index in [4.69, 9.17) is 4.74 Å². The van der Waals surface area contributed by atoms with E-state index >= 15 is 0 Å². The molecule has 3 nitrogen and oxygen atoms in total. The minimum absolute atomic E-state index is 0.207. The molecule has 1 aromatic rings. The molecule has 21 heavy (non-hydrogen) atoms. The summed E-state index contributed by atoms with van der Waals surface area (Å²) in [5, 5.41) is 0. The molecule has 0 aromatic heterocycles. The van der Waals surface area contributed by atoms with Gasteiger partial charge >= 0.3 is 11.9 Å². The summed E-state index contributed by atoms with van der Waals surface area (Å²) in [6.45, 7) is 0. The summed E-state index contributed by atoms with van der Waals surface area (Å²) in [6.07, 6.45) is 9.04.